The molecule has 0 bridgehead atoms. The van der Waals surface area contributed by atoms with Crippen LogP contribution in [0.4, 0.5) is 0 Å². The first-order chi connectivity index (χ1) is 5.34. The molecule has 1 aromatic carbocycles. The molecule has 0 spiro atoms. The van der Waals surface area contributed by atoms with Crippen LogP contribution in [0.3, 0.4) is 0 Å². The summed E-state index contributed by atoms with van der Waals surface area (Å²) in [6.07, 6.45) is 1.74. The zero-order chi connectivity index (χ0) is 8.10. The molecule has 2 heteroatoms. The molecule has 0 saturated heterocycles. The first-order valence-corrected chi connectivity index (χ1v) is 3.64. The summed E-state index contributed by atoms with van der Waals surface area (Å²) in [7, 11) is 0. The van der Waals surface area contributed by atoms with Gasteiger partial charge in [-0.05, 0) is 18.6 Å². The van der Waals surface area contributed by atoms with Crippen LogP contribution in [0.1, 0.15) is 5.56 Å². The fourth-order valence-corrected chi connectivity index (χ4v) is 0.867. The first kappa shape index (κ1) is 11.1. The van der Waals surface area contributed by atoms with Gasteiger partial charge in [0.2, 0.25) is 0 Å². The highest BCUT2D eigenvalue weighted by Crippen LogP contribution is 2.15. The lowest BCUT2D eigenvalue weighted by molar-refractivity contribution is 0.360. The van der Waals surface area contributed by atoms with Crippen LogP contribution in [0.5, 0.6) is 5.75 Å². The van der Waals surface area contributed by atoms with Crippen LogP contribution in [0, 0.1) is 6.92 Å². The van der Waals surface area contributed by atoms with Gasteiger partial charge in [0.25, 0.3) is 0 Å². The van der Waals surface area contributed by atoms with Gasteiger partial charge in [0.05, 0.1) is 0 Å². The van der Waals surface area contributed by atoms with Crippen LogP contribution in [-0.4, -0.2) is 6.61 Å². The lowest BCUT2D eigenvalue weighted by atomic mass is 10.2. The van der Waals surface area contributed by atoms with Crippen LogP contribution in [0.2, 0.25) is 0 Å². The molecule has 0 radical (unpaired) electrons. The Labute approximate surface area is 80.5 Å². The van der Waals surface area contributed by atoms with Crippen LogP contribution < -0.4 is 4.74 Å². The van der Waals surface area contributed by atoms with Gasteiger partial charge in [-0.25, -0.2) is 0 Å². The highest BCUT2D eigenvalue weighted by Gasteiger charge is 1.93. The minimum absolute atomic E-state index is 0. The Morgan fingerprint density at radius 3 is 2.67 bits per heavy atom. The van der Waals surface area contributed by atoms with E-state index in [-0.39, 0.29) is 13.5 Å². The van der Waals surface area contributed by atoms with Gasteiger partial charge in [0.1, 0.15) is 12.4 Å². The largest absolute Gasteiger partial charge is 0.489 e. The average Bonchev–Trinajstić information content (AvgIpc) is 2.03. The molecule has 0 aliphatic rings. The maximum atomic E-state index is 5.37. The second kappa shape index (κ2) is 5.72. The minimum atomic E-state index is 0. The lowest BCUT2D eigenvalue weighted by Crippen LogP contribution is -1.93. The van der Waals surface area contributed by atoms with E-state index >= 15 is 0 Å². The maximum absolute atomic E-state index is 5.37. The lowest BCUT2D eigenvalue weighted by Gasteiger charge is -2.04. The summed E-state index contributed by atoms with van der Waals surface area (Å²) in [6.45, 7) is 6.18. The zero-order valence-electron chi connectivity index (χ0n) is 7.21. The Morgan fingerprint density at radius 1 is 1.42 bits per heavy atom. The van der Waals surface area contributed by atoms with Crippen LogP contribution in [0.15, 0.2) is 36.9 Å². The third-order valence-corrected chi connectivity index (χ3v) is 1.45. The fraction of sp³-hybridized carbons (Fsp3) is 0.200. The number of ether oxygens (including phenoxy) is 1. The Kier molecular flexibility index (Phi) is 5.30. The number of benzene rings is 1. The molecule has 0 saturated carbocycles. The maximum Gasteiger partial charge on any atom is 0.122 e. The van der Waals surface area contributed by atoms with Crippen molar-refractivity contribution in [2.75, 3.05) is 6.61 Å². The topological polar surface area (TPSA) is 9.23 Å². The molecule has 0 aliphatic heterocycles. The van der Waals surface area contributed by atoms with Crippen LogP contribution in [-0.2, 0) is 0 Å². The Hall–Kier alpha value is -0.890. The standard InChI is InChI=1S/C10H12O.H2S/c1-3-8-11-10-7-5-4-6-9(10)2;/h3-7H,1,8H2,2H3;1H2. The second-order valence-corrected chi connectivity index (χ2v) is 2.37. The van der Waals surface area contributed by atoms with Gasteiger partial charge in [-0.2, -0.15) is 13.5 Å². The summed E-state index contributed by atoms with van der Waals surface area (Å²) in [6, 6.07) is 7.94. The first-order valence-electron chi connectivity index (χ1n) is 3.64. The van der Waals surface area contributed by atoms with Gasteiger partial charge in [0.15, 0.2) is 0 Å². The fourth-order valence-electron chi connectivity index (χ4n) is 0.867. The minimum Gasteiger partial charge on any atom is -0.489 e. The van der Waals surface area contributed by atoms with Crippen molar-refractivity contribution in [1.82, 2.24) is 0 Å². The summed E-state index contributed by atoms with van der Waals surface area (Å²) >= 11 is 0. The third-order valence-electron chi connectivity index (χ3n) is 1.45. The summed E-state index contributed by atoms with van der Waals surface area (Å²) in [5.41, 5.74) is 1.16. The highest BCUT2D eigenvalue weighted by atomic mass is 32.1. The van der Waals surface area contributed by atoms with E-state index in [1.165, 1.54) is 0 Å². The molecule has 0 heterocycles. The second-order valence-electron chi connectivity index (χ2n) is 2.37. The zero-order valence-corrected chi connectivity index (χ0v) is 8.21. The quantitative estimate of drug-likeness (QED) is 0.653. The SMILES string of the molecule is C=CCOc1ccccc1C.S. The van der Waals surface area contributed by atoms with Gasteiger partial charge >= 0.3 is 0 Å². The van der Waals surface area contributed by atoms with E-state index in [9.17, 15) is 0 Å². The highest BCUT2D eigenvalue weighted by molar-refractivity contribution is 7.59. The number of para-hydroxylation sites is 1. The van der Waals surface area contributed by atoms with E-state index in [0.717, 1.165) is 11.3 Å². The van der Waals surface area contributed by atoms with E-state index < -0.39 is 0 Å². The average molecular weight is 182 g/mol. The molecule has 1 nitrogen and oxygen atoms in total. The molecule has 0 unspecified atom stereocenters. The van der Waals surface area contributed by atoms with Crippen molar-refractivity contribution in [2.24, 2.45) is 0 Å². The monoisotopic (exact) mass is 182 g/mol. The van der Waals surface area contributed by atoms with Gasteiger partial charge in [-0.3, -0.25) is 0 Å². The molecule has 1 aromatic rings. The van der Waals surface area contributed by atoms with E-state index in [2.05, 4.69) is 6.58 Å². The molecular weight excluding hydrogens is 168 g/mol. The molecule has 0 amide bonds. The predicted octanol–water partition coefficient (Wildman–Crippen LogP) is 2.67. The molecular formula is C10H14OS. The predicted molar refractivity (Wildman–Crippen MR) is 57.3 cm³/mol. The molecule has 12 heavy (non-hydrogen) atoms. The van der Waals surface area contributed by atoms with Crippen molar-refractivity contribution >= 4 is 13.5 Å². The number of aryl methyl sites for hydroxylation is 1. The molecule has 0 aromatic heterocycles. The molecule has 0 atom stereocenters. The number of hydrogen-bond donors (Lipinski definition) is 0. The smallest absolute Gasteiger partial charge is 0.122 e. The Balaban J connectivity index is 0.00000121. The van der Waals surface area contributed by atoms with Gasteiger partial charge in [-0.15, -0.1) is 0 Å². The van der Waals surface area contributed by atoms with Crippen molar-refractivity contribution < 1.29 is 4.74 Å². The summed E-state index contributed by atoms with van der Waals surface area (Å²) in [4.78, 5) is 0. The van der Waals surface area contributed by atoms with E-state index in [1.807, 2.05) is 31.2 Å². The van der Waals surface area contributed by atoms with Crippen LogP contribution >= 0.6 is 13.5 Å². The van der Waals surface area contributed by atoms with E-state index in [1.54, 1.807) is 6.08 Å². The van der Waals surface area contributed by atoms with Crippen molar-refractivity contribution in [3.63, 3.8) is 0 Å². The number of rotatable bonds is 3. The van der Waals surface area contributed by atoms with Crippen molar-refractivity contribution in [2.45, 2.75) is 6.92 Å². The van der Waals surface area contributed by atoms with E-state index in [0.29, 0.717) is 6.61 Å². The van der Waals surface area contributed by atoms with Crippen LogP contribution in [0.25, 0.3) is 0 Å². The summed E-state index contributed by atoms with van der Waals surface area (Å²) < 4.78 is 5.37. The Bertz CT molecular complexity index is 245. The molecule has 66 valence electrons. The van der Waals surface area contributed by atoms with Crippen molar-refractivity contribution in [1.29, 1.82) is 0 Å². The molecule has 0 aliphatic carbocycles. The van der Waals surface area contributed by atoms with Crippen molar-refractivity contribution in [3.8, 4) is 5.75 Å². The normalized spacial score (nSPS) is 8.42. The molecule has 1 rings (SSSR count). The molecule has 0 N–H and O–H groups in total. The third kappa shape index (κ3) is 3.01. The van der Waals surface area contributed by atoms with E-state index in [4.69, 9.17) is 4.74 Å². The van der Waals surface area contributed by atoms with Gasteiger partial charge in [0, 0.05) is 0 Å². The Morgan fingerprint density at radius 2 is 2.08 bits per heavy atom. The van der Waals surface area contributed by atoms with Gasteiger partial charge < -0.3 is 4.74 Å². The summed E-state index contributed by atoms with van der Waals surface area (Å²) in [5.74, 6) is 0.937. The molecule has 0 fully saturated rings. The number of hydrogen-bond acceptors (Lipinski definition) is 1. The summed E-state index contributed by atoms with van der Waals surface area (Å²) in [5, 5.41) is 0. The van der Waals surface area contributed by atoms with Gasteiger partial charge in [-0.1, -0.05) is 30.9 Å². The van der Waals surface area contributed by atoms with Crippen molar-refractivity contribution in [3.05, 3.63) is 42.5 Å².